The van der Waals surface area contributed by atoms with Crippen molar-refractivity contribution in [1.82, 2.24) is 20.7 Å². The van der Waals surface area contributed by atoms with Crippen LogP contribution in [0.4, 0.5) is 4.79 Å². The molecule has 0 aromatic carbocycles. The summed E-state index contributed by atoms with van der Waals surface area (Å²) in [6, 6.07) is 3.47. The molecule has 2 rings (SSSR count). The molecule has 1 aromatic heterocycles. The number of hydrogen-bond acceptors (Lipinski definition) is 4. The number of hydrazine groups is 1. The van der Waals surface area contributed by atoms with E-state index >= 15 is 0 Å². The Labute approximate surface area is 133 Å². The van der Waals surface area contributed by atoms with Crippen molar-refractivity contribution in [2.45, 2.75) is 12.8 Å². The molecular weight excluding hydrogens is 312 g/mol. The first-order valence-electron chi connectivity index (χ1n) is 6.81. The van der Waals surface area contributed by atoms with Crippen LogP contribution in [0.25, 0.3) is 0 Å². The van der Waals surface area contributed by atoms with Gasteiger partial charge >= 0.3 is 6.03 Å². The Bertz CT molecular complexity index is 500. The average Bonchev–Trinajstić information content (AvgIpc) is 2.89. The lowest BCUT2D eigenvalue weighted by molar-refractivity contribution is -0.121. The molecule has 116 valence electrons. The van der Waals surface area contributed by atoms with Gasteiger partial charge in [0.15, 0.2) is 0 Å². The molecule has 0 spiro atoms. The minimum absolute atomic E-state index is 0.206. The molecule has 0 unspecified atom stereocenters. The number of rotatable bonds is 3. The first-order valence-corrected chi connectivity index (χ1v) is 8.00. The number of carbonyl (C=O) groups is 2. The maximum atomic E-state index is 11.9. The Morgan fingerprint density at radius 2 is 1.95 bits per heavy atom. The van der Waals surface area contributed by atoms with Gasteiger partial charge in [0.05, 0.1) is 4.34 Å². The summed E-state index contributed by atoms with van der Waals surface area (Å²) in [4.78, 5) is 28.4. The minimum atomic E-state index is -0.254. The SMILES string of the molecule is CN1CCN(C(=O)NNC(=O)CCc2ccc(Cl)s2)CC1. The molecule has 0 bridgehead atoms. The van der Waals surface area contributed by atoms with Crippen LogP contribution in [-0.4, -0.2) is 55.0 Å². The quantitative estimate of drug-likeness (QED) is 0.822. The van der Waals surface area contributed by atoms with Crippen LogP contribution in [0.3, 0.4) is 0 Å². The summed E-state index contributed by atoms with van der Waals surface area (Å²) in [5.41, 5.74) is 4.90. The number of likely N-dealkylation sites (N-methyl/N-ethyl adjacent to an activating group) is 1. The highest BCUT2D eigenvalue weighted by molar-refractivity contribution is 7.16. The molecule has 1 aromatic rings. The van der Waals surface area contributed by atoms with Gasteiger partial charge in [-0.3, -0.25) is 10.2 Å². The van der Waals surface area contributed by atoms with E-state index in [1.807, 2.05) is 19.2 Å². The third-order valence-electron chi connectivity index (χ3n) is 3.33. The number of halogens is 1. The zero-order chi connectivity index (χ0) is 15.2. The number of nitrogens with one attached hydrogen (secondary N) is 2. The van der Waals surface area contributed by atoms with Crippen molar-refractivity contribution < 1.29 is 9.59 Å². The Kier molecular flexibility index (Phi) is 5.84. The van der Waals surface area contributed by atoms with Crippen LogP contribution in [0.15, 0.2) is 12.1 Å². The number of thiophene rings is 1. The number of nitrogens with zero attached hydrogens (tertiary/aromatic N) is 2. The number of carbonyl (C=O) groups excluding carboxylic acids is 2. The molecular formula is C13H19ClN4O2S. The van der Waals surface area contributed by atoms with Gasteiger partial charge in [-0.25, -0.2) is 10.2 Å². The van der Waals surface area contributed by atoms with Crippen LogP contribution >= 0.6 is 22.9 Å². The largest absolute Gasteiger partial charge is 0.336 e. The van der Waals surface area contributed by atoms with Gasteiger partial charge in [0.1, 0.15) is 0 Å². The van der Waals surface area contributed by atoms with E-state index in [1.165, 1.54) is 11.3 Å². The molecule has 1 aliphatic rings. The fraction of sp³-hybridized carbons (Fsp3) is 0.538. The Hall–Kier alpha value is -1.31. The third-order valence-corrected chi connectivity index (χ3v) is 4.62. The summed E-state index contributed by atoms with van der Waals surface area (Å²) in [5, 5.41) is 0. The predicted molar refractivity (Wildman–Crippen MR) is 83.4 cm³/mol. The van der Waals surface area contributed by atoms with Crippen molar-refractivity contribution in [3.63, 3.8) is 0 Å². The van der Waals surface area contributed by atoms with E-state index in [0.29, 0.717) is 30.3 Å². The van der Waals surface area contributed by atoms with Gasteiger partial charge in [-0.1, -0.05) is 11.6 Å². The lowest BCUT2D eigenvalue weighted by Gasteiger charge is -2.32. The van der Waals surface area contributed by atoms with Gasteiger partial charge in [0.25, 0.3) is 0 Å². The molecule has 0 atom stereocenters. The summed E-state index contributed by atoms with van der Waals surface area (Å²) < 4.78 is 0.716. The second kappa shape index (κ2) is 7.63. The number of urea groups is 1. The van der Waals surface area contributed by atoms with Crippen LogP contribution < -0.4 is 10.9 Å². The van der Waals surface area contributed by atoms with Gasteiger partial charge in [-0.05, 0) is 25.6 Å². The van der Waals surface area contributed by atoms with Crippen LogP contribution in [0, 0.1) is 0 Å². The van der Waals surface area contributed by atoms with Gasteiger partial charge < -0.3 is 9.80 Å². The summed E-state index contributed by atoms with van der Waals surface area (Å²) in [7, 11) is 2.02. The zero-order valence-electron chi connectivity index (χ0n) is 11.9. The van der Waals surface area contributed by atoms with E-state index in [-0.39, 0.29) is 11.9 Å². The van der Waals surface area contributed by atoms with E-state index in [2.05, 4.69) is 15.8 Å². The molecule has 1 fully saturated rings. The Morgan fingerprint density at radius 3 is 2.57 bits per heavy atom. The summed E-state index contributed by atoms with van der Waals surface area (Å²) in [6.45, 7) is 3.04. The molecule has 2 N–H and O–H groups in total. The van der Waals surface area contributed by atoms with Crippen LogP contribution in [0.5, 0.6) is 0 Å². The topological polar surface area (TPSA) is 64.7 Å². The molecule has 21 heavy (non-hydrogen) atoms. The maximum absolute atomic E-state index is 11.9. The first kappa shape index (κ1) is 16.1. The van der Waals surface area contributed by atoms with E-state index < -0.39 is 0 Å². The number of amides is 3. The van der Waals surface area contributed by atoms with Gasteiger partial charge in [-0.2, -0.15) is 0 Å². The van der Waals surface area contributed by atoms with Crippen molar-refractivity contribution in [2.24, 2.45) is 0 Å². The Balaban J connectivity index is 1.65. The van der Waals surface area contributed by atoms with Crippen molar-refractivity contribution in [2.75, 3.05) is 33.2 Å². The molecule has 0 saturated carbocycles. The molecule has 0 radical (unpaired) electrons. The highest BCUT2D eigenvalue weighted by Gasteiger charge is 2.19. The molecule has 6 nitrogen and oxygen atoms in total. The second-order valence-corrected chi connectivity index (χ2v) is 6.77. The van der Waals surface area contributed by atoms with E-state index in [0.717, 1.165) is 18.0 Å². The third kappa shape index (κ3) is 5.18. The van der Waals surface area contributed by atoms with Crippen LogP contribution in [-0.2, 0) is 11.2 Å². The number of piperazine rings is 1. The average molecular weight is 331 g/mol. The van der Waals surface area contributed by atoms with E-state index in [1.54, 1.807) is 4.90 Å². The van der Waals surface area contributed by atoms with Crippen molar-refractivity contribution in [3.05, 3.63) is 21.3 Å². The normalized spacial score (nSPS) is 15.8. The Morgan fingerprint density at radius 1 is 1.24 bits per heavy atom. The number of aryl methyl sites for hydroxylation is 1. The zero-order valence-corrected chi connectivity index (χ0v) is 13.5. The molecule has 2 heterocycles. The molecule has 1 aliphatic heterocycles. The number of hydrogen-bond donors (Lipinski definition) is 2. The first-order chi connectivity index (χ1) is 10.0. The fourth-order valence-electron chi connectivity index (χ4n) is 2.00. The lowest BCUT2D eigenvalue weighted by Crippen LogP contribution is -2.54. The van der Waals surface area contributed by atoms with Gasteiger partial charge in [-0.15, -0.1) is 11.3 Å². The molecule has 8 heteroatoms. The molecule has 1 saturated heterocycles. The smallest absolute Gasteiger partial charge is 0.321 e. The van der Waals surface area contributed by atoms with Crippen LogP contribution in [0.1, 0.15) is 11.3 Å². The van der Waals surface area contributed by atoms with Crippen LogP contribution in [0.2, 0.25) is 4.34 Å². The van der Waals surface area contributed by atoms with E-state index in [4.69, 9.17) is 11.6 Å². The predicted octanol–water partition coefficient (Wildman–Crippen LogP) is 1.32. The van der Waals surface area contributed by atoms with Gasteiger partial charge in [0.2, 0.25) is 5.91 Å². The summed E-state index contributed by atoms with van der Waals surface area (Å²) in [5.74, 6) is -0.206. The van der Waals surface area contributed by atoms with Crippen molar-refractivity contribution in [1.29, 1.82) is 0 Å². The van der Waals surface area contributed by atoms with Crippen molar-refractivity contribution >= 4 is 34.9 Å². The van der Waals surface area contributed by atoms with E-state index in [9.17, 15) is 9.59 Å². The standard InChI is InChI=1S/C13H19ClN4O2S/c1-17-6-8-18(9-7-17)13(20)16-15-12(19)5-3-10-2-4-11(14)21-10/h2,4H,3,5-9H2,1H3,(H,15,19)(H,16,20). The maximum Gasteiger partial charge on any atom is 0.336 e. The monoisotopic (exact) mass is 330 g/mol. The van der Waals surface area contributed by atoms with Crippen molar-refractivity contribution in [3.8, 4) is 0 Å². The second-order valence-electron chi connectivity index (χ2n) is 4.97. The minimum Gasteiger partial charge on any atom is -0.321 e. The summed E-state index contributed by atoms with van der Waals surface area (Å²) >= 11 is 7.29. The molecule has 3 amide bonds. The van der Waals surface area contributed by atoms with Gasteiger partial charge in [0, 0.05) is 37.5 Å². The highest BCUT2D eigenvalue weighted by atomic mass is 35.5. The lowest BCUT2D eigenvalue weighted by atomic mass is 10.2. The molecule has 0 aliphatic carbocycles. The highest BCUT2D eigenvalue weighted by Crippen LogP contribution is 2.22. The summed E-state index contributed by atoms with van der Waals surface area (Å²) in [6.07, 6.45) is 0.938. The fourth-order valence-corrected chi connectivity index (χ4v) is 3.08.